The molecule has 3 aromatic rings. The lowest BCUT2D eigenvalue weighted by atomic mass is 10.1. The molecule has 0 aliphatic carbocycles. The number of ether oxygens (including phenoxy) is 1. The minimum atomic E-state index is -0.443. The Labute approximate surface area is 149 Å². The van der Waals surface area contributed by atoms with Gasteiger partial charge in [0.2, 0.25) is 0 Å². The number of nitrogens with zero attached hydrogens (tertiary/aromatic N) is 5. The first-order valence-electron chi connectivity index (χ1n) is 8.44. The zero-order chi connectivity index (χ0) is 18.3. The average molecular weight is 353 g/mol. The van der Waals surface area contributed by atoms with Gasteiger partial charge in [0.05, 0.1) is 13.2 Å². The van der Waals surface area contributed by atoms with Crippen molar-refractivity contribution in [1.82, 2.24) is 19.1 Å². The maximum Gasteiger partial charge on any atom is 0.332 e. The minimum Gasteiger partial charge on any atom is -0.378 e. The molecule has 0 radical (unpaired) electrons. The number of hydrogen-bond acceptors (Lipinski definition) is 6. The van der Waals surface area contributed by atoms with Gasteiger partial charge in [0.25, 0.3) is 5.56 Å². The molecule has 1 saturated heterocycles. The summed E-state index contributed by atoms with van der Waals surface area (Å²) in [5.74, 6) is 0.662. The summed E-state index contributed by atoms with van der Waals surface area (Å²) >= 11 is 0. The van der Waals surface area contributed by atoms with Gasteiger partial charge in [0.1, 0.15) is 5.69 Å². The fourth-order valence-corrected chi connectivity index (χ4v) is 3.14. The quantitative estimate of drug-likeness (QED) is 0.668. The van der Waals surface area contributed by atoms with E-state index in [2.05, 4.69) is 9.88 Å². The van der Waals surface area contributed by atoms with Crippen LogP contribution in [-0.4, -0.2) is 45.4 Å². The summed E-state index contributed by atoms with van der Waals surface area (Å²) in [4.78, 5) is 36.3. The number of rotatable bonds is 2. The van der Waals surface area contributed by atoms with Gasteiger partial charge in [0, 0.05) is 32.7 Å². The Morgan fingerprint density at radius 2 is 1.65 bits per heavy atom. The fourth-order valence-electron chi connectivity index (χ4n) is 3.14. The monoisotopic (exact) mass is 353 g/mol. The van der Waals surface area contributed by atoms with Gasteiger partial charge in [-0.15, -0.1) is 0 Å². The number of aryl methyl sites for hydroxylation is 1. The zero-order valence-electron chi connectivity index (χ0n) is 14.7. The first kappa shape index (κ1) is 16.5. The molecular weight excluding hydrogens is 334 g/mol. The molecule has 1 aliphatic rings. The lowest BCUT2D eigenvalue weighted by Gasteiger charge is -2.29. The van der Waals surface area contributed by atoms with Gasteiger partial charge in [-0.05, 0) is 0 Å². The van der Waals surface area contributed by atoms with Crippen LogP contribution in [-0.2, 0) is 18.8 Å². The molecule has 0 spiro atoms. The summed E-state index contributed by atoms with van der Waals surface area (Å²) in [5.41, 5.74) is 1.12. The molecule has 1 fully saturated rings. The fraction of sp³-hybridized carbons (Fsp3) is 0.333. The highest BCUT2D eigenvalue weighted by atomic mass is 16.5. The van der Waals surface area contributed by atoms with E-state index in [9.17, 15) is 9.59 Å². The molecule has 1 aromatic carbocycles. The Bertz CT molecular complexity index is 1080. The van der Waals surface area contributed by atoms with Crippen LogP contribution < -0.4 is 16.1 Å². The molecule has 0 unspecified atom stereocenters. The summed E-state index contributed by atoms with van der Waals surface area (Å²) in [6, 6.07) is 9.64. The number of morpholine rings is 1. The molecule has 1 aliphatic heterocycles. The average Bonchev–Trinajstić information content (AvgIpc) is 2.71. The zero-order valence-corrected chi connectivity index (χ0v) is 14.7. The van der Waals surface area contributed by atoms with Crippen LogP contribution in [0, 0.1) is 0 Å². The van der Waals surface area contributed by atoms with Crippen LogP contribution >= 0.6 is 0 Å². The van der Waals surface area contributed by atoms with E-state index < -0.39 is 11.2 Å². The molecule has 4 rings (SSSR count). The van der Waals surface area contributed by atoms with Gasteiger partial charge < -0.3 is 9.64 Å². The first-order valence-corrected chi connectivity index (χ1v) is 8.44. The summed E-state index contributed by atoms with van der Waals surface area (Å²) in [7, 11) is 3.05. The molecule has 0 N–H and O–H groups in total. The highest BCUT2D eigenvalue weighted by Crippen LogP contribution is 2.29. The molecule has 8 heteroatoms. The van der Waals surface area contributed by atoms with Crippen molar-refractivity contribution in [2.24, 2.45) is 14.1 Å². The second-order valence-corrected chi connectivity index (χ2v) is 6.24. The molecule has 8 nitrogen and oxygen atoms in total. The topological polar surface area (TPSA) is 82.2 Å². The minimum absolute atomic E-state index is 0.186. The van der Waals surface area contributed by atoms with Crippen LogP contribution in [0.5, 0.6) is 0 Å². The summed E-state index contributed by atoms with van der Waals surface area (Å²) in [6.45, 7) is 2.56. The normalized spacial score (nSPS) is 14.8. The number of fused-ring (bicyclic) bond motifs is 1. The van der Waals surface area contributed by atoms with Crippen LogP contribution in [0.15, 0.2) is 39.9 Å². The van der Waals surface area contributed by atoms with Crippen LogP contribution in [0.3, 0.4) is 0 Å². The van der Waals surface area contributed by atoms with Crippen molar-refractivity contribution in [1.29, 1.82) is 0 Å². The molecule has 26 heavy (non-hydrogen) atoms. The predicted molar refractivity (Wildman–Crippen MR) is 98.5 cm³/mol. The molecular formula is C18H19N5O3. The van der Waals surface area contributed by atoms with E-state index in [1.54, 1.807) is 7.05 Å². The first-order chi connectivity index (χ1) is 12.6. The third kappa shape index (κ3) is 2.59. The van der Waals surface area contributed by atoms with Crippen molar-refractivity contribution >= 4 is 17.0 Å². The maximum absolute atomic E-state index is 12.6. The van der Waals surface area contributed by atoms with Crippen molar-refractivity contribution in [3.8, 4) is 11.3 Å². The molecule has 0 amide bonds. The van der Waals surface area contributed by atoms with Crippen molar-refractivity contribution in [3.05, 3.63) is 51.2 Å². The second kappa shape index (κ2) is 6.38. The lowest BCUT2D eigenvalue weighted by molar-refractivity contribution is 0.122. The van der Waals surface area contributed by atoms with Crippen LogP contribution in [0.25, 0.3) is 22.4 Å². The Morgan fingerprint density at radius 3 is 2.35 bits per heavy atom. The van der Waals surface area contributed by atoms with Gasteiger partial charge in [-0.1, -0.05) is 30.3 Å². The lowest BCUT2D eigenvalue weighted by Crippen LogP contribution is -2.40. The van der Waals surface area contributed by atoms with Gasteiger partial charge >= 0.3 is 5.69 Å². The smallest absolute Gasteiger partial charge is 0.332 e. The predicted octanol–water partition coefficient (Wildman–Crippen LogP) is 0.531. The van der Waals surface area contributed by atoms with E-state index in [0.717, 1.165) is 10.1 Å². The largest absolute Gasteiger partial charge is 0.378 e. The van der Waals surface area contributed by atoms with Crippen molar-refractivity contribution in [2.75, 3.05) is 31.2 Å². The molecule has 2 aromatic heterocycles. The number of anilines is 1. The Kier molecular flexibility index (Phi) is 4.04. The van der Waals surface area contributed by atoms with Crippen LogP contribution in [0.1, 0.15) is 0 Å². The van der Waals surface area contributed by atoms with E-state index in [-0.39, 0.29) is 5.52 Å². The van der Waals surface area contributed by atoms with Gasteiger partial charge in [-0.2, -0.15) is 0 Å². The van der Waals surface area contributed by atoms with Crippen molar-refractivity contribution in [3.63, 3.8) is 0 Å². The van der Waals surface area contributed by atoms with E-state index in [1.165, 1.54) is 11.6 Å². The third-order valence-electron chi connectivity index (χ3n) is 4.62. The Balaban J connectivity index is 2.06. The standard InChI is InChI=1S/C18H19N5O3/c1-21-15-14(17(24)22(2)18(21)25)19-13(12-6-4-3-5-7-12)16(20-15)23-8-10-26-11-9-23/h3-7H,8-11H2,1-2H3. The molecule has 0 bridgehead atoms. The molecule has 3 heterocycles. The highest BCUT2D eigenvalue weighted by Gasteiger charge is 2.22. The SMILES string of the molecule is Cn1c(=O)c2nc(-c3ccccc3)c(N3CCOCC3)nc2n(C)c1=O. The third-order valence-corrected chi connectivity index (χ3v) is 4.62. The van der Waals surface area contributed by atoms with Gasteiger partial charge in [0.15, 0.2) is 17.0 Å². The van der Waals surface area contributed by atoms with Crippen molar-refractivity contribution in [2.45, 2.75) is 0 Å². The van der Waals surface area contributed by atoms with E-state index >= 15 is 0 Å². The van der Waals surface area contributed by atoms with E-state index in [0.29, 0.717) is 43.5 Å². The van der Waals surface area contributed by atoms with Crippen LogP contribution in [0.2, 0.25) is 0 Å². The Hall–Kier alpha value is -3.00. The van der Waals surface area contributed by atoms with Gasteiger partial charge in [-0.25, -0.2) is 14.8 Å². The Morgan fingerprint density at radius 1 is 0.962 bits per heavy atom. The number of hydrogen-bond donors (Lipinski definition) is 0. The van der Waals surface area contributed by atoms with Crippen molar-refractivity contribution < 1.29 is 4.74 Å². The van der Waals surface area contributed by atoms with Crippen LogP contribution in [0.4, 0.5) is 5.82 Å². The molecule has 0 atom stereocenters. The maximum atomic E-state index is 12.6. The second-order valence-electron chi connectivity index (χ2n) is 6.24. The highest BCUT2D eigenvalue weighted by molar-refractivity contribution is 5.81. The van der Waals surface area contributed by atoms with E-state index in [4.69, 9.17) is 9.72 Å². The summed E-state index contributed by atoms with van der Waals surface area (Å²) < 4.78 is 7.85. The molecule has 134 valence electrons. The van der Waals surface area contributed by atoms with Gasteiger partial charge in [-0.3, -0.25) is 13.9 Å². The number of aromatic nitrogens is 4. The summed E-state index contributed by atoms with van der Waals surface area (Å²) in [5, 5.41) is 0. The molecule has 0 saturated carbocycles. The summed E-state index contributed by atoms with van der Waals surface area (Å²) in [6.07, 6.45) is 0. The van der Waals surface area contributed by atoms with E-state index in [1.807, 2.05) is 30.3 Å². The number of benzene rings is 1.